The molecule has 2 N–H and O–H groups in total. The molecule has 0 aromatic heterocycles. The normalized spacial score (nSPS) is 27.8. The fourth-order valence-corrected chi connectivity index (χ4v) is 2.40. The fourth-order valence-electron chi connectivity index (χ4n) is 2.40. The number of hydrogen-bond acceptors (Lipinski definition) is 10. The van der Waals surface area contributed by atoms with Crippen molar-refractivity contribution in [2.75, 3.05) is 0 Å². The summed E-state index contributed by atoms with van der Waals surface area (Å²) in [5.74, 6) is -6.39. The third-order valence-electron chi connectivity index (χ3n) is 3.48. The van der Waals surface area contributed by atoms with Crippen LogP contribution in [-0.4, -0.2) is 68.2 Å². The van der Waals surface area contributed by atoms with Gasteiger partial charge in [-0.1, -0.05) is 0 Å². The SMILES string of the molecule is CC(C)(C)OC(=O)[C@H]1OC(=O)[C@@](O)(C(=O)OC(C)(C)C)[C@]1(O)C(=O)OC(C)(C)C. The molecule has 0 bridgehead atoms. The zero-order valence-corrected chi connectivity index (χ0v) is 18.2. The lowest BCUT2D eigenvalue weighted by atomic mass is 9.80. The van der Waals surface area contributed by atoms with Gasteiger partial charge >= 0.3 is 29.5 Å². The largest absolute Gasteiger partial charge is 0.458 e. The lowest BCUT2D eigenvalue weighted by Crippen LogP contribution is -2.70. The standard InChI is InChI=1S/C19H30O10/c1-15(2,3)27-11(20)10-18(24,13(22)28-16(4,5)6)19(25,12(21)26-10)14(23)29-17(7,8)9/h10,24-25H,1-9H3/t10-,18-,19-/m1/s1. The Bertz CT molecular complexity index is 706. The molecule has 166 valence electrons. The van der Waals surface area contributed by atoms with Crippen molar-refractivity contribution >= 4 is 23.9 Å². The molecule has 1 rings (SSSR count). The summed E-state index contributed by atoms with van der Waals surface area (Å²) in [5, 5.41) is 22.0. The van der Waals surface area contributed by atoms with Gasteiger partial charge in [0.2, 0.25) is 6.10 Å². The zero-order valence-electron chi connectivity index (χ0n) is 18.2. The van der Waals surface area contributed by atoms with Crippen molar-refractivity contribution in [3.05, 3.63) is 0 Å². The first-order valence-corrected chi connectivity index (χ1v) is 9.01. The second kappa shape index (κ2) is 7.24. The van der Waals surface area contributed by atoms with Crippen molar-refractivity contribution in [1.82, 2.24) is 0 Å². The Morgan fingerprint density at radius 1 is 0.793 bits per heavy atom. The van der Waals surface area contributed by atoms with Gasteiger partial charge in [0.15, 0.2) is 0 Å². The molecule has 29 heavy (non-hydrogen) atoms. The van der Waals surface area contributed by atoms with Crippen LogP contribution in [0.25, 0.3) is 0 Å². The number of cyclic esters (lactones) is 1. The van der Waals surface area contributed by atoms with Gasteiger partial charge in [-0.05, 0) is 62.3 Å². The Labute approximate surface area is 169 Å². The van der Waals surface area contributed by atoms with E-state index in [9.17, 15) is 29.4 Å². The van der Waals surface area contributed by atoms with Gasteiger partial charge in [-0.3, -0.25) is 0 Å². The average Bonchev–Trinajstić information content (AvgIpc) is 2.65. The van der Waals surface area contributed by atoms with Gasteiger partial charge < -0.3 is 29.2 Å². The molecule has 0 radical (unpaired) electrons. The predicted octanol–water partition coefficient (Wildman–Crippen LogP) is 0.399. The molecule has 0 unspecified atom stereocenters. The summed E-state index contributed by atoms with van der Waals surface area (Å²) in [6.07, 6.45) is -2.36. The maximum Gasteiger partial charge on any atom is 0.355 e. The molecule has 0 amide bonds. The molecule has 3 atom stereocenters. The van der Waals surface area contributed by atoms with Gasteiger partial charge in [-0.15, -0.1) is 0 Å². The molecule has 1 aliphatic rings. The maximum absolute atomic E-state index is 12.8. The molecule has 10 nitrogen and oxygen atoms in total. The Hall–Kier alpha value is -2.20. The number of esters is 4. The first kappa shape index (κ1) is 24.8. The molecule has 0 aromatic carbocycles. The highest BCUT2D eigenvalue weighted by Crippen LogP contribution is 2.41. The minimum Gasteiger partial charge on any atom is -0.458 e. The number of aliphatic hydroxyl groups is 2. The van der Waals surface area contributed by atoms with Gasteiger partial charge in [0, 0.05) is 0 Å². The van der Waals surface area contributed by atoms with Crippen molar-refractivity contribution in [3.63, 3.8) is 0 Å². The summed E-state index contributed by atoms with van der Waals surface area (Å²) in [5.41, 5.74) is -10.5. The summed E-state index contributed by atoms with van der Waals surface area (Å²) >= 11 is 0. The van der Waals surface area contributed by atoms with Crippen LogP contribution in [0.15, 0.2) is 0 Å². The highest BCUT2D eigenvalue weighted by Gasteiger charge is 2.80. The second-order valence-corrected chi connectivity index (χ2v) is 9.80. The molecule has 1 aliphatic heterocycles. The van der Waals surface area contributed by atoms with E-state index in [1.54, 1.807) is 0 Å². The third-order valence-corrected chi connectivity index (χ3v) is 3.48. The number of carbonyl (C=O) groups excluding carboxylic acids is 4. The summed E-state index contributed by atoms with van der Waals surface area (Å²) in [6.45, 7) is 13.1. The summed E-state index contributed by atoms with van der Waals surface area (Å²) < 4.78 is 19.9. The highest BCUT2D eigenvalue weighted by molar-refractivity contribution is 6.15. The van der Waals surface area contributed by atoms with Gasteiger partial charge in [0.25, 0.3) is 5.60 Å². The Morgan fingerprint density at radius 3 is 1.55 bits per heavy atom. The van der Waals surface area contributed by atoms with E-state index in [-0.39, 0.29) is 0 Å². The van der Waals surface area contributed by atoms with Crippen LogP contribution in [0.5, 0.6) is 0 Å². The van der Waals surface area contributed by atoms with Gasteiger partial charge in [-0.2, -0.15) is 0 Å². The maximum atomic E-state index is 12.8. The van der Waals surface area contributed by atoms with E-state index in [4.69, 9.17) is 18.9 Å². The van der Waals surface area contributed by atoms with Crippen LogP contribution in [0, 0.1) is 0 Å². The lowest BCUT2D eigenvalue weighted by molar-refractivity contribution is -0.221. The van der Waals surface area contributed by atoms with Gasteiger partial charge in [-0.25, -0.2) is 19.2 Å². The molecule has 0 saturated carbocycles. The highest BCUT2D eigenvalue weighted by atomic mass is 16.7. The average molecular weight is 418 g/mol. The van der Waals surface area contributed by atoms with E-state index < -0.39 is 58.0 Å². The van der Waals surface area contributed by atoms with Crippen molar-refractivity contribution in [2.45, 2.75) is 96.4 Å². The smallest absolute Gasteiger partial charge is 0.355 e. The van der Waals surface area contributed by atoms with E-state index in [1.807, 2.05) is 0 Å². The van der Waals surface area contributed by atoms with Crippen molar-refractivity contribution in [3.8, 4) is 0 Å². The van der Waals surface area contributed by atoms with Crippen molar-refractivity contribution in [1.29, 1.82) is 0 Å². The number of hydrogen-bond donors (Lipinski definition) is 2. The molecule has 0 aliphatic carbocycles. The molecule has 10 heteroatoms. The zero-order chi connectivity index (χ0) is 23.2. The summed E-state index contributed by atoms with van der Waals surface area (Å²) in [4.78, 5) is 50.5. The Balaban J connectivity index is 3.57. The topological polar surface area (TPSA) is 146 Å². The van der Waals surface area contributed by atoms with Gasteiger partial charge in [0.05, 0.1) is 0 Å². The molecule has 1 saturated heterocycles. The Morgan fingerprint density at radius 2 is 1.17 bits per heavy atom. The van der Waals surface area contributed by atoms with E-state index >= 15 is 0 Å². The first-order valence-electron chi connectivity index (χ1n) is 9.01. The van der Waals surface area contributed by atoms with Crippen molar-refractivity contribution < 1.29 is 48.3 Å². The van der Waals surface area contributed by atoms with E-state index in [0.717, 1.165) is 0 Å². The monoisotopic (exact) mass is 418 g/mol. The van der Waals surface area contributed by atoms with E-state index in [2.05, 4.69) is 0 Å². The quantitative estimate of drug-likeness (QED) is 0.375. The van der Waals surface area contributed by atoms with Crippen LogP contribution in [0.1, 0.15) is 62.3 Å². The van der Waals surface area contributed by atoms with E-state index in [0.29, 0.717) is 0 Å². The van der Waals surface area contributed by atoms with Gasteiger partial charge in [0.1, 0.15) is 16.8 Å². The minimum absolute atomic E-state index is 1.09. The van der Waals surface area contributed by atoms with Crippen LogP contribution in [-0.2, 0) is 38.1 Å². The van der Waals surface area contributed by atoms with Crippen LogP contribution in [0.3, 0.4) is 0 Å². The molecule has 0 aromatic rings. The third kappa shape index (κ3) is 5.05. The predicted molar refractivity (Wildman–Crippen MR) is 97.3 cm³/mol. The minimum atomic E-state index is -3.55. The van der Waals surface area contributed by atoms with Crippen LogP contribution < -0.4 is 0 Å². The van der Waals surface area contributed by atoms with E-state index in [1.165, 1.54) is 62.3 Å². The second-order valence-electron chi connectivity index (χ2n) is 9.80. The van der Waals surface area contributed by atoms with Crippen LogP contribution in [0.4, 0.5) is 0 Å². The number of rotatable bonds is 3. The molecule has 1 fully saturated rings. The first-order chi connectivity index (χ1) is 12.6. The number of ether oxygens (including phenoxy) is 4. The molecular weight excluding hydrogens is 388 g/mol. The molecule has 1 heterocycles. The lowest BCUT2D eigenvalue weighted by Gasteiger charge is -2.36. The summed E-state index contributed by atoms with van der Waals surface area (Å²) in [6, 6.07) is 0. The molecular formula is C19H30O10. The van der Waals surface area contributed by atoms with Crippen LogP contribution >= 0.6 is 0 Å². The fraction of sp³-hybridized carbons (Fsp3) is 0.789. The Kier molecular flexibility index (Phi) is 6.20. The summed E-state index contributed by atoms with van der Waals surface area (Å²) in [7, 11) is 0. The molecule has 0 spiro atoms. The number of carbonyl (C=O) groups is 4. The van der Waals surface area contributed by atoms with Crippen molar-refractivity contribution in [2.24, 2.45) is 0 Å². The van der Waals surface area contributed by atoms with Crippen LogP contribution in [0.2, 0.25) is 0 Å².